The van der Waals surface area contributed by atoms with Crippen molar-refractivity contribution < 1.29 is 68.8 Å². The Bertz CT molecular complexity index is 2800. The molecule has 2 aromatic heterocycles. The minimum Gasteiger partial charge on any atom is -0.464 e. The summed E-state index contributed by atoms with van der Waals surface area (Å²) in [5, 5.41) is 14.1. The van der Waals surface area contributed by atoms with E-state index in [4.69, 9.17) is 19.3 Å². The van der Waals surface area contributed by atoms with Crippen LogP contribution in [0.3, 0.4) is 0 Å². The molecule has 2 fully saturated rings. The number of alkyl halides is 6. The Morgan fingerprint density at radius 3 is 1.45 bits per heavy atom. The summed E-state index contributed by atoms with van der Waals surface area (Å²) in [6, 6.07) is 16.5. The number of imidazole rings is 2. The predicted molar refractivity (Wildman–Crippen MR) is 259 cm³/mol. The zero-order chi connectivity index (χ0) is 50.9. The van der Waals surface area contributed by atoms with Crippen molar-refractivity contribution in [2.75, 3.05) is 50.3 Å². The summed E-state index contributed by atoms with van der Waals surface area (Å²) in [6.07, 6.45) is -2.91. The molecule has 0 aliphatic heterocycles. The van der Waals surface area contributed by atoms with Crippen LogP contribution in [0.15, 0.2) is 84.9 Å². The third kappa shape index (κ3) is 14.8. The van der Waals surface area contributed by atoms with Crippen molar-refractivity contribution in [1.82, 2.24) is 19.1 Å². The van der Waals surface area contributed by atoms with Crippen LogP contribution in [0.25, 0.3) is 22.1 Å². The van der Waals surface area contributed by atoms with Gasteiger partial charge in [-0.25, -0.2) is 23.5 Å². The Kier molecular flexibility index (Phi) is 20.0. The first-order chi connectivity index (χ1) is 33.9. The van der Waals surface area contributed by atoms with Gasteiger partial charge in [0.25, 0.3) is 11.8 Å². The molecule has 4 aromatic carbocycles. The highest BCUT2D eigenvalue weighted by atomic mass is 19.4. The molecule has 6 aromatic rings. The van der Waals surface area contributed by atoms with Crippen LogP contribution in [0.2, 0.25) is 0 Å². The number of hydrogen-bond acceptors (Lipinski definition) is 9. The number of esters is 1. The van der Waals surface area contributed by atoms with Gasteiger partial charge >= 0.3 is 18.3 Å². The molecule has 13 nitrogen and oxygen atoms in total. The second-order valence-corrected chi connectivity index (χ2v) is 17.4. The summed E-state index contributed by atoms with van der Waals surface area (Å²) >= 11 is 0. The maximum atomic E-state index is 13.9. The number of carbonyl (C=O) groups is 3. The molecule has 3 N–H and O–H groups in total. The maximum absolute atomic E-state index is 13.9. The van der Waals surface area contributed by atoms with Gasteiger partial charge in [0.2, 0.25) is 11.9 Å². The van der Waals surface area contributed by atoms with E-state index in [2.05, 4.69) is 20.6 Å². The third-order valence-electron chi connectivity index (χ3n) is 12.5. The number of fused-ring (bicyclic) bond motifs is 2. The van der Waals surface area contributed by atoms with Crippen molar-refractivity contribution in [3.63, 3.8) is 0 Å². The number of ether oxygens (including phenoxy) is 3. The van der Waals surface area contributed by atoms with Gasteiger partial charge in [0.1, 0.15) is 18.2 Å². The van der Waals surface area contributed by atoms with E-state index in [1.807, 2.05) is 9.13 Å². The fraction of sp³-hybridized carbons (Fsp3) is 0.442. The van der Waals surface area contributed by atoms with Crippen LogP contribution in [-0.4, -0.2) is 81.6 Å². The number of carbonyl (C=O) groups excluding carboxylic acids is 3. The molecular weight excluding hydrogens is 973 g/mol. The molecule has 0 bridgehead atoms. The average molecular weight is 1030 g/mol. The molecule has 0 radical (unpaired) electrons. The maximum Gasteiger partial charge on any atom is 0.416 e. The molecule has 0 atom stereocenters. The lowest BCUT2D eigenvalue weighted by atomic mass is 9.86. The topological polar surface area (TPSA) is 159 Å². The molecule has 21 heteroatoms. The van der Waals surface area contributed by atoms with Crippen LogP contribution in [0.5, 0.6) is 0 Å². The molecule has 2 aliphatic carbocycles. The van der Waals surface area contributed by atoms with E-state index in [1.165, 1.54) is 48.5 Å². The second kappa shape index (κ2) is 25.5. The van der Waals surface area contributed by atoms with Crippen LogP contribution in [0.4, 0.5) is 47.0 Å². The Morgan fingerprint density at radius 2 is 1.05 bits per heavy atom. The molecule has 0 unspecified atom stereocenters. The van der Waals surface area contributed by atoms with E-state index in [1.54, 1.807) is 19.1 Å². The number of halogens is 8. The van der Waals surface area contributed by atoms with Crippen LogP contribution in [-0.2, 0) is 31.4 Å². The number of anilines is 2. The first-order valence-electron chi connectivity index (χ1n) is 23.2. The van der Waals surface area contributed by atoms with E-state index in [9.17, 15) is 49.5 Å². The van der Waals surface area contributed by atoms with E-state index in [0.717, 1.165) is 62.8 Å². The predicted octanol–water partition coefficient (Wildman–Crippen LogP) is 12.2. The molecule has 396 valence electrons. The molecular formula is C52H60F8N6O7. The Balaban J connectivity index is 0.000000264. The van der Waals surface area contributed by atoms with Gasteiger partial charge in [-0.1, -0.05) is 27.0 Å². The molecule has 0 spiro atoms. The molecule has 73 heavy (non-hydrogen) atoms. The monoisotopic (exact) mass is 1030 g/mol. The van der Waals surface area contributed by atoms with E-state index in [-0.39, 0.29) is 69.1 Å². The number of aromatic nitrogens is 4. The number of amides is 2. The fourth-order valence-electron chi connectivity index (χ4n) is 9.05. The van der Waals surface area contributed by atoms with Crippen molar-refractivity contribution in [1.29, 1.82) is 0 Å². The van der Waals surface area contributed by atoms with Crippen molar-refractivity contribution in [2.24, 2.45) is 11.8 Å². The van der Waals surface area contributed by atoms with Crippen LogP contribution in [0, 0.1) is 23.5 Å². The minimum atomic E-state index is -4.58. The Labute approximate surface area is 417 Å². The molecule has 0 saturated heterocycles. The summed E-state index contributed by atoms with van der Waals surface area (Å²) < 4.78 is 126. The van der Waals surface area contributed by atoms with Crippen LogP contribution >= 0.6 is 0 Å². The van der Waals surface area contributed by atoms with Gasteiger partial charge in [0, 0.05) is 42.0 Å². The van der Waals surface area contributed by atoms with Crippen molar-refractivity contribution in [2.45, 2.75) is 97.6 Å². The van der Waals surface area contributed by atoms with E-state index >= 15 is 0 Å². The molecule has 2 aliphatic rings. The third-order valence-corrected chi connectivity index (χ3v) is 12.5. The zero-order valence-corrected chi connectivity index (χ0v) is 38.5. The minimum absolute atomic E-state index is 0. The van der Waals surface area contributed by atoms with Gasteiger partial charge < -0.3 is 28.5 Å². The summed E-state index contributed by atoms with van der Waals surface area (Å²) in [6.45, 7) is 3.16. The second-order valence-electron chi connectivity index (χ2n) is 17.4. The molecule has 8 rings (SSSR count). The van der Waals surface area contributed by atoms with E-state index < -0.39 is 52.9 Å². The Hall–Kier alpha value is -6.45. The first kappa shape index (κ1) is 57.5. The first-order valence-corrected chi connectivity index (χ1v) is 23.2. The highest BCUT2D eigenvalue weighted by Gasteiger charge is 2.33. The average Bonchev–Trinajstić information content (AvgIpc) is 3.88. The highest BCUT2D eigenvalue weighted by molar-refractivity contribution is 6.05. The number of aliphatic hydroxyl groups is 1. The number of nitrogens with one attached hydrogen (secondary N) is 2. The molecule has 2 amide bonds. The zero-order valence-electron chi connectivity index (χ0n) is 38.5. The molecule has 2 heterocycles. The number of aliphatic hydroxyl groups excluding tert-OH is 1. The quantitative estimate of drug-likeness (QED) is 0.0517. The molecule has 2 saturated carbocycles. The van der Waals surface area contributed by atoms with Gasteiger partial charge in [-0.3, -0.25) is 20.2 Å². The van der Waals surface area contributed by atoms with Crippen molar-refractivity contribution in [3.8, 4) is 0 Å². The van der Waals surface area contributed by atoms with Gasteiger partial charge in [-0.2, -0.15) is 26.3 Å². The summed E-state index contributed by atoms with van der Waals surface area (Å²) in [4.78, 5) is 45.9. The smallest absolute Gasteiger partial charge is 0.416 e. The lowest BCUT2D eigenvalue weighted by Gasteiger charge is -2.30. The van der Waals surface area contributed by atoms with Gasteiger partial charge in [-0.15, -0.1) is 0 Å². The lowest BCUT2D eigenvalue weighted by Crippen LogP contribution is -2.24. The fourth-order valence-corrected chi connectivity index (χ4v) is 9.05. The van der Waals surface area contributed by atoms with Crippen molar-refractivity contribution >= 4 is 51.7 Å². The van der Waals surface area contributed by atoms with E-state index in [0.29, 0.717) is 67.3 Å². The SMILES string of the molecule is C.C.CCOC(=O)COCC1CCC(n2c(NC(=O)c3cccc(C(F)(F)F)c3)nc3cc(F)ccc32)CC1.O=C(Nc1nc2cc(F)ccc2n1C1CCC(COCCO)CC1)c1cccc(C(F)(F)F)c1. The number of hydrogen-bond donors (Lipinski definition) is 3. The van der Waals surface area contributed by atoms with Crippen molar-refractivity contribution in [3.05, 3.63) is 119 Å². The largest absolute Gasteiger partial charge is 0.464 e. The highest BCUT2D eigenvalue weighted by Crippen LogP contribution is 2.39. The summed E-state index contributed by atoms with van der Waals surface area (Å²) in [5.41, 5.74) is -0.224. The van der Waals surface area contributed by atoms with Crippen LogP contribution in [0.1, 0.15) is 117 Å². The number of benzene rings is 4. The normalized spacial score (nSPS) is 17.9. The van der Waals surface area contributed by atoms with Crippen LogP contribution < -0.4 is 10.6 Å². The number of rotatable bonds is 15. The standard InChI is InChI=1S/C26H27F4N3O4.C24H25F4N3O3.2CH4/c1-2-37-23(34)15-36-14-16-6-9-20(10-7-16)33-22-11-8-19(27)13-21(22)31-25(33)32-24(35)17-4-3-5-18(12-17)26(28,29)30;25-18-6-9-21-20(13-18)29-23(30-22(33)16-2-1-3-17(12-16)24(26,27)28)31(21)19-7-4-15(5-8-19)14-34-11-10-32;;/h3-5,8,11-13,16,20H,2,6-7,9-10,14-15H2,1H3,(H,31,32,35);1-3,6,9,12-13,15,19,32H,4-5,7-8,10-11,14H2,(H,29,30,33);2*1H4. The number of nitrogens with zero attached hydrogens (tertiary/aromatic N) is 4. The summed E-state index contributed by atoms with van der Waals surface area (Å²) in [5.74, 6) is -1.95. The van der Waals surface area contributed by atoms with Gasteiger partial charge in [-0.05, 0) is 131 Å². The lowest BCUT2D eigenvalue weighted by molar-refractivity contribution is -0.149. The Morgan fingerprint density at radius 1 is 0.630 bits per heavy atom. The van der Waals surface area contributed by atoms with Gasteiger partial charge in [0.15, 0.2) is 0 Å². The van der Waals surface area contributed by atoms with Gasteiger partial charge in [0.05, 0.1) is 59.6 Å². The summed E-state index contributed by atoms with van der Waals surface area (Å²) in [7, 11) is 0.